The van der Waals surface area contributed by atoms with Crippen LogP contribution >= 0.6 is 0 Å². The molecule has 2 aromatic rings. The number of Topliss-reactive ketones (excluding diaryl/α,β-unsaturated/α-hetero) is 1. The van der Waals surface area contributed by atoms with Gasteiger partial charge in [0.2, 0.25) is 5.79 Å². The number of aliphatic hydroxyl groups is 2. The predicted molar refractivity (Wildman–Crippen MR) is 167 cm³/mol. The maximum Gasteiger partial charge on any atom is 0.311 e. The molecule has 3 N–H and O–H groups in total. The maximum atomic E-state index is 13.7. The molecule has 2 saturated carbocycles. The molecular weight excluding hydrogens is 604 g/mol. The molecule has 4 aliphatic carbocycles. The van der Waals surface area contributed by atoms with Crippen LogP contribution in [0.4, 0.5) is 0 Å². The van der Waals surface area contributed by atoms with Crippen molar-refractivity contribution in [2.75, 3.05) is 13.7 Å². The molecule has 248 valence electrons. The number of esters is 2. The highest BCUT2D eigenvalue weighted by atomic mass is 16.7. The normalized spacial score (nSPS) is 37.1. The van der Waals surface area contributed by atoms with Gasteiger partial charge >= 0.3 is 11.9 Å². The van der Waals surface area contributed by atoms with Crippen molar-refractivity contribution in [3.63, 3.8) is 0 Å². The molecule has 0 amide bonds. The van der Waals surface area contributed by atoms with Gasteiger partial charge in [0.05, 0.1) is 25.6 Å². The van der Waals surface area contributed by atoms with Gasteiger partial charge in [-0.05, 0) is 41.3 Å². The Bertz CT molecular complexity index is 1740. The van der Waals surface area contributed by atoms with Gasteiger partial charge in [0.15, 0.2) is 22.9 Å². The number of benzene rings is 2. The van der Waals surface area contributed by atoms with E-state index in [2.05, 4.69) is 0 Å². The number of carbonyl (C=O) groups is 3. The first-order valence-corrected chi connectivity index (χ1v) is 16.0. The minimum atomic E-state index is -1.92. The van der Waals surface area contributed by atoms with Gasteiger partial charge in [-0.15, -0.1) is 0 Å². The van der Waals surface area contributed by atoms with Gasteiger partial charge in [-0.25, -0.2) is 0 Å². The zero-order valence-corrected chi connectivity index (χ0v) is 27.1. The molecule has 8 atom stereocenters. The van der Waals surface area contributed by atoms with E-state index in [-0.39, 0.29) is 37.4 Å². The standard InChI is InChI=1S/C37H40O10/c1-20-13-28-34(42,32(20)41)18-24(19-45-29(39)17-23-11-12-26(38)27(15-23)44-5)14-25-31-33(3,4)37(43)36(31,21(2)35(25,28)47-37)46-30(40)16-22-9-7-6-8-10-22/h6-15,21,25,28,31,38,42-43H,16-19H2,1-5H3/t21-,25-,28+,31-,34+,35?,36+,37+/m0/s1. The van der Waals surface area contributed by atoms with Gasteiger partial charge in [0, 0.05) is 35.5 Å². The van der Waals surface area contributed by atoms with E-state index in [1.165, 1.54) is 13.2 Å². The van der Waals surface area contributed by atoms with E-state index >= 15 is 0 Å². The van der Waals surface area contributed by atoms with Crippen LogP contribution in [0, 0.1) is 29.1 Å². The molecule has 7 rings (SSSR count). The number of phenolic OH excluding ortho intramolecular Hbond substituents is 1. The fourth-order valence-electron chi connectivity index (χ4n) is 9.77. The zero-order valence-electron chi connectivity index (χ0n) is 27.1. The van der Waals surface area contributed by atoms with Crippen molar-refractivity contribution >= 4 is 17.7 Å². The molecule has 1 saturated heterocycles. The third-order valence-corrected chi connectivity index (χ3v) is 11.7. The number of ether oxygens (including phenoxy) is 4. The Kier molecular flexibility index (Phi) is 6.89. The van der Waals surface area contributed by atoms with Gasteiger partial charge in [0.1, 0.15) is 12.2 Å². The van der Waals surface area contributed by atoms with Crippen molar-refractivity contribution in [1.82, 2.24) is 0 Å². The molecule has 2 bridgehead atoms. The zero-order chi connectivity index (χ0) is 33.7. The van der Waals surface area contributed by atoms with E-state index in [4.69, 9.17) is 18.9 Å². The van der Waals surface area contributed by atoms with Crippen LogP contribution in [0.15, 0.2) is 71.8 Å². The van der Waals surface area contributed by atoms with Gasteiger partial charge in [-0.1, -0.05) is 69.3 Å². The number of ketones is 1. The average Bonchev–Trinajstić information content (AvgIpc) is 3.40. The quantitative estimate of drug-likeness (QED) is 0.288. The molecule has 47 heavy (non-hydrogen) atoms. The smallest absolute Gasteiger partial charge is 0.311 e. The fourth-order valence-corrected chi connectivity index (χ4v) is 9.77. The maximum absolute atomic E-state index is 13.7. The molecule has 1 aliphatic heterocycles. The SMILES string of the molecule is COc1cc(CC(=O)OCC2=C[C@H]3[C@H]4C(C)(C)[C@@]5(O)OC3([C@H](C)[C@@]45OC(=O)Cc3ccccc3)[C@@H]3C=C(C)C(=O)[C@@]3(O)C2)ccc1O. The summed E-state index contributed by atoms with van der Waals surface area (Å²) >= 11 is 0. The Balaban J connectivity index is 1.23. The van der Waals surface area contributed by atoms with Crippen LogP contribution in [0.2, 0.25) is 0 Å². The molecule has 3 fully saturated rings. The summed E-state index contributed by atoms with van der Waals surface area (Å²) in [5.74, 6) is -5.55. The van der Waals surface area contributed by atoms with Crippen molar-refractivity contribution in [3.8, 4) is 11.5 Å². The van der Waals surface area contributed by atoms with Crippen LogP contribution in [-0.4, -0.2) is 69.3 Å². The summed E-state index contributed by atoms with van der Waals surface area (Å²) in [5, 5.41) is 34.5. The second kappa shape index (κ2) is 10.3. The Morgan fingerprint density at radius 3 is 2.40 bits per heavy atom. The molecule has 10 nitrogen and oxygen atoms in total. The Morgan fingerprint density at radius 2 is 1.70 bits per heavy atom. The lowest BCUT2D eigenvalue weighted by Gasteiger charge is -2.70. The number of fused-ring (bicyclic) bond motifs is 2. The van der Waals surface area contributed by atoms with Gasteiger partial charge in [0.25, 0.3) is 0 Å². The van der Waals surface area contributed by atoms with Crippen LogP contribution in [0.1, 0.15) is 45.2 Å². The van der Waals surface area contributed by atoms with E-state index < -0.39 is 69.4 Å². The second-order valence-electron chi connectivity index (χ2n) is 14.4. The molecule has 0 aromatic heterocycles. The van der Waals surface area contributed by atoms with Gasteiger partial charge < -0.3 is 34.3 Å². The lowest BCUT2D eigenvalue weighted by molar-refractivity contribution is -0.461. The van der Waals surface area contributed by atoms with Crippen LogP contribution < -0.4 is 4.74 Å². The van der Waals surface area contributed by atoms with E-state index in [9.17, 15) is 29.7 Å². The van der Waals surface area contributed by atoms with Crippen LogP contribution in [0.3, 0.4) is 0 Å². The summed E-state index contributed by atoms with van der Waals surface area (Å²) < 4.78 is 24.0. The summed E-state index contributed by atoms with van der Waals surface area (Å²) in [6, 6.07) is 13.8. The first-order valence-electron chi connectivity index (χ1n) is 16.0. The Hall–Kier alpha value is -3.99. The summed E-state index contributed by atoms with van der Waals surface area (Å²) in [5.41, 5.74) is -3.23. The first kappa shape index (κ1) is 31.6. The minimum absolute atomic E-state index is 0.00497. The van der Waals surface area contributed by atoms with Crippen molar-refractivity contribution in [1.29, 1.82) is 0 Å². The van der Waals surface area contributed by atoms with Crippen LogP contribution in [0.5, 0.6) is 11.5 Å². The molecule has 10 heteroatoms. The molecule has 1 spiro atoms. The molecule has 1 heterocycles. The number of rotatable bonds is 8. The summed E-state index contributed by atoms with van der Waals surface area (Å²) in [6.07, 6.45) is 3.47. The minimum Gasteiger partial charge on any atom is -0.504 e. The van der Waals surface area contributed by atoms with Crippen molar-refractivity contribution in [2.24, 2.45) is 29.1 Å². The van der Waals surface area contributed by atoms with Crippen molar-refractivity contribution in [3.05, 3.63) is 83.0 Å². The van der Waals surface area contributed by atoms with E-state index in [1.807, 2.05) is 57.2 Å². The first-order chi connectivity index (χ1) is 22.2. The van der Waals surface area contributed by atoms with Crippen LogP contribution in [-0.2, 0) is 41.4 Å². The van der Waals surface area contributed by atoms with E-state index in [0.29, 0.717) is 16.7 Å². The second-order valence-corrected chi connectivity index (χ2v) is 14.4. The Labute approximate surface area is 273 Å². The van der Waals surface area contributed by atoms with Gasteiger partial charge in [-0.3, -0.25) is 14.4 Å². The molecule has 5 aliphatic rings. The third-order valence-electron chi connectivity index (χ3n) is 11.7. The Morgan fingerprint density at radius 1 is 1.00 bits per heavy atom. The number of hydrogen-bond acceptors (Lipinski definition) is 10. The predicted octanol–water partition coefficient (Wildman–Crippen LogP) is 3.60. The fraction of sp³-hybridized carbons (Fsp3) is 0.486. The third kappa shape index (κ3) is 3.98. The largest absolute Gasteiger partial charge is 0.504 e. The van der Waals surface area contributed by atoms with E-state index in [1.54, 1.807) is 25.1 Å². The summed E-state index contributed by atoms with van der Waals surface area (Å²) in [7, 11) is 1.42. The summed E-state index contributed by atoms with van der Waals surface area (Å²) in [4.78, 5) is 40.2. The van der Waals surface area contributed by atoms with Crippen molar-refractivity contribution in [2.45, 2.75) is 69.5 Å². The highest BCUT2D eigenvalue weighted by Gasteiger charge is 2.97. The molecule has 0 radical (unpaired) electrons. The average molecular weight is 645 g/mol. The highest BCUT2D eigenvalue weighted by Crippen LogP contribution is 2.84. The monoisotopic (exact) mass is 644 g/mol. The number of methoxy groups -OCH3 is 1. The van der Waals surface area contributed by atoms with E-state index in [0.717, 1.165) is 5.56 Å². The lowest BCUT2D eigenvalue weighted by Crippen LogP contribution is -2.83. The molecular formula is C37H40O10. The topological polar surface area (TPSA) is 149 Å². The number of hydrogen-bond donors (Lipinski definition) is 3. The van der Waals surface area contributed by atoms with Gasteiger partial charge in [-0.2, -0.15) is 0 Å². The molecule has 2 aromatic carbocycles. The van der Waals surface area contributed by atoms with Crippen LogP contribution in [0.25, 0.3) is 0 Å². The molecule has 1 unspecified atom stereocenters. The number of phenols is 1. The summed E-state index contributed by atoms with van der Waals surface area (Å²) in [6.45, 7) is 7.08. The van der Waals surface area contributed by atoms with Crippen molar-refractivity contribution < 1.29 is 48.7 Å². The number of carbonyl (C=O) groups excluding carboxylic acids is 3. The lowest BCUT2D eigenvalue weighted by atomic mass is 9.45. The highest BCUT2D eigenvalue weighted by molar-refractivity contribution is 6.05. The number of aromatic hydroxyl groups is 1.